The predicted molar refractivity (Wildman–Crippen MR) is 87.7 cm³/mol. The normalized spacial score (nSPS) is 11.2. The number of fused-ring (bicyclic) bond motifs is 1. The van der Waals surface area contributed by atoms with Gasteiger partial charge in [-0.3, -0.25) is 0 Å². The van der Waals surface area contributed by atoms with E-state index < -0.39 is 11.8 Å². The average Bonchev–Trinajstić information content (AvgIpc) is 2.55. The van der Waals surface area contributed by atoms with Crippen LogP contribution in [-0.2, 0) is 0 Å². The summed E-state index contributed by atoms with van der Waals surface area (Å²) in [5.41, 5.74) is 2.54. The van der Waals surface area contributed by atoms with Crippen LogP contribution in [0.5, 0.6) is 5.75 Å². The van der Waals surface area contributed by atoms with E-state index in [-0.39, 0.29) is 11.1 Å². The summed E-state index contributed by atoms with van der Waals surface area (Å²) in [6, 6.07) is 12.2. The highest BCUT2D eigenvalue weighted by Gasteiger charge is 2.12. The third-order valence-electron chi connectivity index (χ3n) is 3.93. The molecule has 2 aromatic carbocycles. The average molecular weight is 313 g/mol. The second-order valence-corrected chi connectivity index (χ2v) is 5.78. The number of hydrogen-bond donors (Lipinski definition) is 0. The van der Waals surface area contributed by atoms with Gasteiger partial charge in [0, 0.05) is 10.9 Å². The molecule has 4 heteroatoms. The van der Waals surface area contributed by atoms with E-state index in [0.717, 1.165) is 11.6 Å². The number of halogens is 2. The zero-order chi connectivity index (χ0) is 16.6. The van der Waals surface area contributed by atoms with Crippen LogP contribution in [0.25, 0.3) is 22.0 Å². The number of aromatic nitrogens is 1. The zero-order valence-corrected chi connectivity index (χ0v) is 13.2. The van der Waals surface area contributed by atoms with E-state index in [2.05, 4.69) is 18.8 Å². The van der Waals surface area contributed by atoms with Crippen LogP contribution in [0.15, 0.2) is 42.5 Å². The van der Waals surface area contributed by atoms with Gasteiger partial charge in [-0.25, -0.2) is 9.37 Å². The molecule has 0 aliphatic rings. The second-order valence-electron chi connectivity index (χ2n) is 5.78. The van der Waals surface area contributed by atoms with Crippen LogP contribution in [-0.4, -0.2) is 12.1 Å². The second kappa shape index (κ2) is 5.95. The van der Waals surface area contributed by atoms with Gasteiger partial charge < -0.3 is 4.74 Å². The van der Waals surface area contributed by atoms with E-state index in [1.54, 1.807) is 6.07 Å². The Morgan fingerprint density at radius 1 is 1.00 bits per heavy atom. The predicted octanol–water partition coefficient (Wildman–Crippen LogP) is 5.31. The van der Waals surface area contributed by atoms with Crippen molar-refractivity contribution < 1.29 is 13.5 Å². The van der Waals surface area contributed by atoms with Gasteiger partial charge in [0.1, 0.15) is 0 Å². The lowest BCUT2D eigenvalue weighted by Gasteiger charge is -2.09. The van der Waals surface area contributed by atoms with E-state index in [1.807, 2.05) is 24.3 Å². The van der Waals surface area contributed by atoms with Crippen LogP contribution in [0.3, 0.4) is 0 Å². The van der Waals surface area contributed by atoms with E-state index in [1.165, 1.54) is 18.7 Å². The van der Waals surface area contributed by atoms with Crippen molar-refractivity contribution in [2.24, 2.45) is 0 Å². The molecule has 0 unspecified atom stereocenters. The van der Waals surface area contributed by atoms with Gasteiger partial charge in [0.15, 0.2) is 11.6 Å². The highest BCUT2D eigenvalue weighted by atomic mass is 19.1. The summed E-state index contributed by atoms with van der Waals surface area (Å²) in [5.74, 6) is -0.775. The molecule has 118 valence electrons. The molecule has 0 fully saturated rings. The molecule has 0 bridgehead atoms. The molecule has 0 aliphatic heterocycles. The van der Waals surface area contributed by atoms with Crippen LogP contribution in [0.4, 0.5) is 8.78 Å². The fourth-order valence-electron chi connectivity index (χ4n) is 2.56. The topological polar surface area (TPSA) is 22.1 Å². The van der Waals surface area contributed by atoms with Crippen molar-refractivity contribution in [1.82, 2.24) is 4.98 Å². The number of pyridine rings is 1. The third kappa shape index (κ3) is 2.89. The van der Waals surface area contributed by atoms with Crippen molar-refractivity contribution in [3.63, 3.8) is 0 Å². The Kier molecular flexibility index (Phi) is 3.99. The van der Waals surface area contributed by atoms with Gasteiger partial charge in [-0.1, -0.05) is 38.1 Å². The summed E-state index contributed by atoms with van der Waals surface area (Å²) >= 11 is 0. The summed E-state index contributed by atoms with van der Waals surface area (Å²) in [6.45, 7) is 4.23. The number of ether oxygens (including phenoxy) is 1. The molecule has 2 nitrogen and oxygen atoms in total. The van der Waals surface area contributed by atoms with Gasteiger partial charge in [0.2, 0.25) is 5.95 Å². The number of benzene rings is 2. The third-order valence-corrected chi connectivity index (χ3v) is 3.93. The first-order valence-corrected chi connectivity index (χ1v) is 7.43. The lowest BCUT2D eigenvalue weighted by Crippen LogP contribution is -1.94. The monoisotopic (exact) mass is 313 g/mol. The first-order chi connectivity index (χ1) is 11.0. The largest absolute Gasteiger partial charge is 0.494 e. The minimum Gasteiger partial charge on any atom is -0.494 e. The van der Waals surface area contributed by atoms with Crippen molar-refractivity contribution in [2.75, 3.05) is 7.11 Å². The van der Waals surface area contributed by atoms with Crippen LogP contribution < -0.4 is 4.74 Å². The van der Waals surface area contributed by atoms with E-state index >= 15 is 0 Å². The lowest BCUT2D eigenvalue weighted by atomic mass is 10.00. The summed E-state index contributed by atoms with van der Waals surface area (Å²) in [6.07, 6.45) is 0. The molecular formula is C19H17F2NO. The molecule has 3 rings (SSSR count). The molecule has 0 radical (unpaired) electrons. The lowest BCUT2D eigenvalue weighted by molar-refractivity contribution is 0.387. The Balaban J connectivity index is 2.13. The van der Waals surface area contributed by atoms with Crippen molar-refractivity contribution in [1.29, 1.82) is 0 Å². The summed E-state index contributed by atoms with van der Waals surface area (Å²) in [7, 11) is 1.38. The summed E-state index contributed by atoms with van der Waals surface area (Å²) < 4.78 is 32.9. The molecule has 0 saturated carbocycles. The van der Waals surface area contributed by atoms with Gasteiger partial charge in [0.05, 0.1) is 12.8 Å². The molecule has 3 aromatic rings. The maximum absolute atomic E-state index is 14.2. The quantitative estimate of drug-likeness (QED) is 0.611. The standard InChI is InChI=1S/C19H17F2NO/c1-11(2)12-4-6-13(7-5-12)17-8-14-9-18(23-3)16(20)10-15(14)19(21)22-17/h4-11H,1-3H3. The SMILES string of the molecule is COc1cc2cc(-c3ccc(C(C)C)cc3)nc(F)c2cc1F. The molecule has 0 amide bonds. The number of nitrogens with zero attached hydrogens (tertiary/aromatic N) is 1. The van der Waals surface area contributed by atoms with Crippen LogP contribution in [0.1, 0.15) is 25.3 Å². The highest BCUT2D eigenvalue weighted by Crippen LogP contribution is 2.30. The van der Waals surface area contributed by atoms with Gasteiger partial charge in [-0.2, -0.15) is 4.39 Å². The van der Waals surface area contributed by atoms with Crippen LogP contribution in [0.2, 0.25) is 0 Å². The van der Waals surface area contributed by atoms with Gasteiger partial charge in [-0.15, -0.1) is 0 Å². The Hall–Kier alpha value is -2.49. The minimum absolute atomic E-state index is 0.0872. The van der Waals surface area contributed by atoms with Crippen LogP contribution in [0, 0.1) is 11.8 Å². The minimum atomic E-state index is -0.688. The van der Waals surface area contributed by atoms with E-state index in [4.69, 9.17) is 4.74 Å². The molecule has 1 aromatic heterocycles. The Bertz CT molecular complexity index is 857. The van der Waals surface area contributed by atoms with Gasteiger partial charge >= 0.3 is 0 Å². The Labute approximate surface area is 133 Å². The maximum atomic E-state index is 14.2. The molecule has 0 N–H and O–H groups in total. The molecule has 0 spiro atoms. The van der Waals surface area contributed by atoms with Crippen molar-refractivity contribution in [3.05, 3.63) is 59.8 Å². The first-order valence-electron chi connectivity index (χ1n) is 7.43. The van der Waals surface area contributed by atoms with Gasteiger partial charge in [0.25, 0.3) is 0 Å². The van der Waals surface area contributed by atoms with Crippen LogP contribution >= 0.6 is 0 Å². The Morgan fingerprint density at radius 2 is 1.70 bits per heavy atom. The van der Waals surface area contributed by atoms with Crippen molar-refractivity contribution >= 4 is 10.8 Å². The fourth-order valence-corrected chi connectivity index (χ4v) is 2.56. The zero-order valence-electron chi connectivity index (χ0n) is 13.2. The molecular weight excluding hydrogens is 296 g/mol. The number of hydrogen-bond acceptors (Lipinski definition) is 2. The molecule has 0 saturated heterocycles. The smallest absolute Gasteiger partial charge is 0.221 e. The summed E-state index contributed by atoms with van der Waals surface area (Å²) in [4.78, 5) is 3.97. The number of methoxy groups -OCH3 is 1. The molecule has 23 heavy (non-hydrogen) atoms. The Morgan fingerprint density at radius 3 is 2.30 bits per heavy atom. The summed E-state index contributed by atoms with van der Waals surface area (Å²) in [5, 5.41) is 0.699. The van der Waals surface area contributed by atoms with Crippen molar-refractivity contribution in [3.8, 4) is 17.0 Å². The molecule has 1 heterocycles. The number of rotatable bonds is 3. The molecule has 0 aliphatic carbocycles. The molecule has 0 atom stereocenters. The fraction of sp³-hybridized carbons (Fsp3) is 0.211. The van der Waals surface area contributed by atoms with E-state index in [0.29, 0.717) is 17.0 Å². The highest BCUT2D eigenvalue weighted by molar-refractivity contribution is 5.87. The van der Waals surface area contributed by atoms with Gasteiger partial charge in [-0.05, 0) is 35.1 Å². The van der Waals surface area contributed by atoms with Crippen molar-refractivity contribution in [2.45, 2.75) is 19.8 Å². The first kappa shape index (κ1) is 15.4. The van der Waals surface area contributed by atoms with E-state index in [9.17, 15) is 8.78 Å². The maximum Gasteiger partial charge on any atom is 0.221 e.